The Labute approximate surface area is 140 Å². The van der Waals surface area contributed by atoms with Crippen LogP contribution in [0.2, 0.25) is 0 Å². The summed E-state index contributed by atoms with van der Waals surface area (Å²) in [4.78, 5) is 23.8. The van der Waals surface area contributed by atoms with E-state index in [1.165, 1.54) is 10.7 Å². The Bertz CT molecular complexity index is 697. The van der Waals surface area contributed by atoms with Crippen molar-refractivity contribution in [3.8, 4) is 5.69 Å². The number of halogens is 1. The fraction of sp³-hybridized carbons (Fsp3) is 0.267. The van der Waals surface area contributed by atoms with Gasteiger partial charge in [-0.1, -0.05) is 18.2 Å². The summed E-state index contributed by atoms with van der Waals surface area (Å²) < 4.78 is 1.35. The van der Waals surface area contributed by atoms with Crippen LogP contribution in [0.4, 0.5) is 0 Å². The molecule has 0 saturated carbocycles. The van der Waals surface area contributed by atoms with Gasteiger partial charge in [-0.2, -0.15) is 5.10 Å². The fourth-order valence-electron chi connectivity index (χ4n) is 1.86. The Kier molecular flexibility index (Phi) is 5.89. The minimum atomic E-state index is -0.659. The lowest BCUT2D eigenvalue weighted by atomic mass is 10.1. The quantitative estimate of drug-likeness (QED) is 0.750. The molecule has 0 aliphatic carbocycles. The Morgan fingerprint density at radius 2 is 1.87 bits per heavy atom. The zero-order valence-electron chi connectivity index (χ0n) is 12.9. The smallest absolute Gasteiger partial charge is 0.272 e. The van der Waals surface area contributed by atoms with E-state index in [0.29, 0.717) is 5.69 Å². The predicted molar refractivity (Wildman–Crippen MR) is 89.9 cm³/mol. The summed E-state index contributed by atoms with van der Waals surface area (Å²) in [6, 6.07) is 10.4. The second-order valence-electron chi connectivity index (χ2n) is 5.57. The standard InChI is InChI=1S/C15H19N5O2.ClH/c1-15(2,9-16)18-14(22)11-8-12(13(17)21)20(19-11)10-6-4-3-5-7-10;/h3-8H,9,16H2,1-2H3,(H2,17,21)(H,18,22);1H. The molecule has 8 heteroatoms. The molecule has 2 aromatic rings. The van der Waals surface area contributed by atoms with Gasteiger partial charge in [0.15, 0.2) is 5.69 Å². The molecule has 0 bridgehead atoms. The molecule has 0 radical (unpaired) electrons. The van der Waals surface area contributed by atoms with E-state index in [0.717, 1.165) is 0 Å². The highest BCUT2D eigenvalue weighted by Crippen LogP contribution is 2.13. The third-order valence-electron chi connectivity index (χ3n) is 3.16. The molecule has 0 spiro atoms. The SMILES string of the molecule is CC(C)(CN)NC(=O)c1cc(C(N)=O)n(-c2ccccc2)n1.Cl. The van der Waals surface area contributed by atoms with E-state index in [-0.39, 0.29) is 30.3 Å². The summed E-state index contributed by atoms with van der Waals surface area (Å²) in [5.41, 5.74) is 11.3. The van der Waals surface area contributed by atoms with Crippen LogP contribution in [0.1, 0.15) is 34.8 Å². The molecule has 2 rings (SSSR count). The molecule has 1 aromatic heterocycles. The van der Waals surface area contributed by atoms with Crippen LogP contribution in [0.3, 0.4) is 0 Å². The van der Waals surface area contributed by atoms with Crippen molar-refractivity contribution < 1.29 is 9.59 Å². The van der Waals surface area contributed by atoms with Gasteiger partial charge in [-0.05, 0) is 26.0 Å². The van der Waals surface area contributed by atoms with E-state index in [2.05, 4.69) is 10.4 Å². The first-order chi connectivity index (χ1) is 10.3. The molecule has 0 atom stereocenters. The molecular weight excluding hydrogens is 318 g/mol. The molecule has 1 aromatic carbocycles. The van der Waals surface area contributed by atoms with E-state index in [1.54, 1.807) is 38.1 Å². The number of carbonyl (C=O) groups is 2. The normalized spacial score (nSPS) is 10.7. The number of rotatable bonds is 5. The number of carbonyl (C=O) groups excluding carboxylic acids is 2. The summed E-state index contributed by atoms with van der Waals surface area (Å²) in [7, 11) is 0. The van der Waals surface area contributed by atoms with Gasteiger partial charge in [-0.3, -0.25) is 9.59 Å². The van der Waals surface area contributed by atoms with Gasteiger partial charge in [0.05, 0.1) is 5.69 Å². The predicted octanol–water partition coefficient (Wildman–Crippen LogP) is 0.860. The van der Waals surface area contributed by atoms with Crippen LogP contribution in [0.15, 0.2) is 36.4 Å². The number of nitrogens with two attached hydrogens (primary N) is 2. The van der Waals surface area contributed by atoms with Gasteiger partial charge in [-0.15, -0.1) is 12.4 Å². The van der Waals surface area contributed by atoms with Gasteiger partial charge in [0.25, 0.3) is 11.8 Å². The summed E-state index contributed by atoms with van der Waals surface area (Å²) in [6.07, 6.45) is 0. The average Bonchev–Trinajstić information content (AvgIpc) is 2.93. The lowest BCUT2D eigenvalue weighted by Crippen LogP contribution is -2.49. The maximum absolute atomic E-state index is 12.2. The van der Waals surface area contributed by atoms with Crippen LogP contribution < -0.4 is 16.8 Å². The van der Waals surface area contributed by atoms with Crippen molar-refractivity contribution in [1.82, 2.24) is 15.1 Å². The van der Waals surface area contributed by atoms with Crippen LogP contribution in [0, 0.1) is 0 Å². The Morgan fingerprint density at radius 1 is 1.26 bits per heavy atom. The number of primary amides is 1. The largest absolute Gasteiger partial charge is 0.364 e. The number of nitrogens with one attached hydrogen (secondary N) is 1. The van der Waals surface area contributed by atoms with Crippen LogP contribution in [0.5, 0.6) is 0 Å². The van der Waals surface area contributed by atoms with Crippen molar-refractivity contribution in [3.63, 3.8) is 0 Å². The monoisotopic (exact) mass is 337 g/mol. The zero-order valence-corrected chi connectivity index (χ0v) is 13.8. The van der Waals surface area contributed by atoms with E-state index < -0.39 is 17.4 Å². The fourth-order valence-corrected chi connectivity index (χ4v) is 1.86. The first kappa shape index (κ1) is 18.7. The highest BCUT2D eigenvalue weighted by molar-refractivity contribution is 5.97. The number of hydrogen-bond acceptors (Lipinski definition) is 4. The third-order valence-corrected chi connectivity index (χ3v) is 3.16. The topological polar surface area (TPSA) is 116 Å². The van der Waals surface area contributed by atoms with Crippen LogP contribution in [0.25, 0.3) is 5.69 Å². The van der Waals surface area contributed by atoms with Gasteiger partial charge in [0.2, 0.25) is 0 Å². The Hall–Kier alpha value is -2.38. The van der Waals surface area contributed by atoms with Gasteiger partial charge in [-0.25, -0.2) is 4.68 Å². The lowest BCUT2D eigenvalue weighted by molar-refractivity contribution is 0.0909. The number of para-hydroxylation sites is 1. The summed E-state index contributed by atoms with van der Waals surface area (Å²) in [5.74, 6) is -1.07. The van der Waals surface area contributed by atoms with Crippen molar-refractivity contribution in [3.05, 3.63) is 47.8 Å². The molecule has 1 heterocycles. The molecule has 124 valence electrons. The molecular formula is C15H20ClN5O2. The lowest BCUT2D eigenvalue weighted by Gasteiger charge is -2.23. The van der Waals surface area contributed by atoms with Crippen LogP contribution >= 0.6 is 12.4 Å². The highest BCUT2D eigenvalue weighted by atomic mass is 35.5. The van der Waals surface area contributed by atoms with Gasteiger partial charge in [0, 0.05) is 18.2 Å². The van der Waals surface area contributed by atoms with E-state index in [1.807, 2.05) is 6.07 Å². The number of aromatic nitrogens is 2. The summed E-state index contributed by atoms with van der Waals surface area (Å²) in [6.45, 7) is 3.88. The molecule has 2 amide bonds. The Morgan fingerprint density at radius 3 is 2.39 bits per heavy atom. The second kappa shape index (κ2) is 7.26. The minimum Gasteiger partial charge on any atom is -0.364 e. The molecule has 0 aliphatic heterocycles. The summed E-state index contributed by atoms with van der Waals surface area (Å²) in [5, 5.41) is 6.94. The Balaban J connectivity index is 0.00000264. The maximum Gasteiger partial charge on any atom is 0.272 e. The number of benzene rings is 1. The van der Waals surface area contributed by atoms with Crippen molar-refractivity contribution in [2.45, 2.75) is 19.4 Å². The van der Waals surface area contributed by atoms with E-state index in [4.69, 9.17) is 11.5 Å². The van der Waals surface area contributed by atoms with Crippen molar-refractivity contribution in [2.75, 3.05) is 6.54 Å². The first-order valence-corrected chi connectivity index (χ1v) is 6.82. The molecule has 0 unspecified atom stereocenters. The number of nitrogens with zero attached hydrogens (tertiary/aromatic N) is 2. The zero-order chi connectivity index (χ0) is 16.3. The van der Waals surface area contributed by atoms with Gasteiger partial charge >= 0.3 is 0 Å². The van der Waals surface area contributed by atoms with Gasteiger partial charge < -0.3 is 16.8 Å². The van der Waals surface area contributed by atoms with Crippen molar-refractivity contribution in [1.29, 1.82) is 0 Å². The van der Waals surface area contributed by atoms with Crippen molar-refractivity contribution in [2.24, 2.45) is 11.5 Å². The molecule has 0 saturated heterocycles. The van der Waals surface area contributed by atoms with E-state index in [9.17, 15) is 9.59 Å². The van der Waals surface area contributed by atoms with Crippen LogP contribution in [-0.2, 0) is 0 Å². The maximum atomic E-state index is 12.2. The second-order valence-corrected chi connectivity index (χ2v) is 5.57. The minimum absolute atomic E-state index is 0. The summed E-state index contributed by atoms with van der Waals surface area (Å²) >= 11 is 0. The van der Waals surface area contributed by atoms with Crippen LogP contribution in [-0.4, -0.2) is 33.7 Å². The third kappa shape index (κ3) is 4.30. The molecule has 7 nitrogen and oxygen atoms in total. The molecule has 0 aliphatic rings. The highest BCUT2D eigenvalue weighted by Gasteiger charge is 2.23. The number of amides is 2. The first-order valence-electron chi connectivity index (χ1n) is 6.82. The average molecular weight is 338 g/mol. The molecule has 5 N–H and O–H groups in total. The van der Waals surface area contributed by atoms with Gasteiger partial charge in [0.1, 0.15) is 5.69 Å². The molecule has 23 heavy (non-hydrogen) atoms. The number of hydrogen-bond donors (Lipinski definition) is 3. The molecule has 0 fully saturated rings. The van der Waals surface area contributed by atoms with Crippen molar-refractivity contribution >= 4 is 24.2 Å². The van der Waals surface area contributed by atoms with E-state index >= 15 is 0 Å².